The molecule has 1 aromatic rings. The number of carbonyl (C=O) groups excluding carboxylic acids is 4. The highest BCUT2D eigenvalue weighted by molar-refractivity contribution is 6.48. The van der Waals surface area contributed by atoms with E-state index in [9.17, 15) is 24.3 Å². The van der Waals surface area contributed by atoms with Crippen molar-refractivity contribution >= 4 is 31.1 Å². The molecule has 284 valence electrons. The monoisotopic (exact) mass is 721 g/mol. The molecule has 13 nitrogen and oxygen atoms in total. The number of fused-ring (bicyclic) bond motifs is 1. The molecule has 0 unspecified atom stereocenters. The maximum absolute atomic E-state index is 14.3. The van der Waals surface area contributed by atoms with Crippen LogP contribution >= 0.6 is 0 Å². The van der Waals surface area contributed by atoms with Gasteiger partial charge in [0.2, 0.25) is 11.8 Å². The van der Waals surface area contributed by atoms with E-state index in [-0.39, 0.29) is 31.1 Å². The van der Waals surface area contributed by atoms with Crippen molar-refractivity contribution in [3.05, 3.63) is 47.5 Å². The molecule has 3 saturated carbocycles. The molecular weight excluding hydrogens is 665 g/mol. The number of carbonyl (C=O) groups is 4. The summed E-state index contributed by atoms with van der Waals surface area (Å²) in [5.74, 6) is -0.500. The van der Waals surface area contributed by atoms with E-state index in [2.05, 4.69) is 43.3 Å². The second-order valence-corrected chi connectivity index (χ2v) is 17.0. The first-order valence-electron chi connectivity index (χ1n) is 18.8. The molecule has 8 atom stereocenters. The van der Waals surface area contributed by atoms with E-state index < -0.39 is 66.3 Å². The number of aliphatic hydroxyl groups excluding tert-OH is 1. The Morgan fingerprint density at radius 3 is 2.37 bits per heavy atom. The quantitative estimate of drug-likeness (QED) is 0.199. The third kappa shape index (κ3) is 7.18. The Labute approximate surface area is 307 Å². The third-order valence-electron chi connectivity index (χ3n) is 12.3. The predicted octanol–water partition coefficient (Wildman–Crippen LogP) is 3.68. The van der Waals surface area contributed by atoms with Gasteiger partial charge in [-0.05, 0) is 80.9 Å². The summed E-state index contributed by atoms with van der Waals surface area (Å²) < 4.78 is 19.3. The Morgan fingerprint density at radius 1 is 1.10 bits per heavy atom. The number of benzene rings is 1. The zero-order valence-corrected chi connectivity index (χ0v) is 31.7. The SMILES string of the molecule is C=C(C)[C@H](NC(=O)NC(C)(C)CO)C(=O)N1C[C@H](OC(=O)N2Cc3ccccc3C2)C[C@H]1C(=O)N[C@@H](CCC)B1O[C@@H]2C[C@@H]3C[C@@H](C3(C)C)[C@]2(C)O1. The molecule has 2 bridgehead atoms. The number of hydrogen-bond acceptors (Lipinski definition) is 8. The fourth-order valence-electron chi connectivity index (χ4n) is 9.07. The molecule has 52 heavy (non-hydrogen) atoms. The van der Waals surface area contributed by atoms with Crippen LogP contribution in [0.25, 0.3) is 0 Å². The van der Waals surface area contributed by atoms with Crippen LogP contribution < -0.4 is 16.0 Å². The minimum Gasteiger partial charge on any atom is -0.444 e. The van der Waals surface area contributed by atoms with Gasteiger partial charge >= 0.3 is 19.2 Å². The average Bonchev–Trinajstić information content (AvgIpc) is 3.81. The molecule has 3 heterocycles. The van der Waals surface area contributed by atoms with Crippen LogP contribution in [0.2, 0.25) is 0 Å². The maximum Gasteiger partial charge on any atom is 0.481 e. The third-order valence-corrected chi connectivity index (χ3v) is 12.3. The molecular formula is C38H56BN5O8. The largest absolute Gasteiger partial charge is 0.481 e. The van der Waals surface area contributed by atoms with Crippen molar-refractivity contribution in [2.45, 2.75) is 135 Å². The zero-order valence-electron chi connectivity index (χ0n) is 31.7. The van der Waals surface area contributed by atoms with Crippen LogP contribution in [0.1, 0.15) is 91.7 Å². The Bertz CT molecular complexity index is 1560. The molecule has 5 fully saturated rings. The van der Waals surface area contributed by atoms with Gasteiger partial charge in [0, 0.05) is 19.5 Å². The van der Waals surface area contributed by atoms with Crippen LogP contribution in [0, 0.1) is 17.3 Å². The van der Waals surface area contributed by atoms with Crippen molar-refractivity contribution < 1.29 is 38.3 Å². The first kappa shape index (κ1) is 38.1. The normalized spacial score (nSPS) is 29.7. The fraction of sp³-hybridized carbons (Fsp3) is 0.684. The minimum absolute atomic E-state index is 0.0498. The minimum atomic E-state index is -1.18. The van der Waals surface area contributed by atoms with Gasteiger partial charge in [-0.1, -0.05) is 58.0 Å². The lowest BCUT2D eigenvalue weighted by Crippen LogP contribution is -2.65. The molecule has 1 aromatic carbocycles. The van der Waals surface area contributed by atoms with E-state index >= 15 is 0 Å². The van der Waals surface area contributed by atoms with Gasteiger partial charge in [0.05, 0.1) is 36.3 Å². The molecule has 7 rings (SSSR count). The van der Waals surface area contributed by atoms with E-state index in [1.165, 1.54) is 4.90 Å². The molecule has 4 N–H and O–H groups in total. The van der Waals surface area contributed by atoms with Crippen LogP contribution in [0.5, 0.6) is 0 Å². The van der Waals surface area contributed by atoms with Crippen molar-refractivity contribution in [1.82, 2.24) is 25.8 Å². The summed E-state index contributed by atoms with van der Waals surface area (Å²) in [6.07, 6.45) is 2.10. The summed E-state index contributed by atoms with van der Waals surface area (Å²) >= 11 is 0. The zero-order chi connectivity index (χ0) is 37.7. The van der Waals surface area contributed by atoms with Gasteiger partial charge in [0.1, 0.15) is 18.2 Å². The summed E-state index contributed by atoms with van der Waals surface area (Å²) in [4.78, 5) is 58.0. The van der Waals surface area contributed by atoms with Crippen molar-refractivity contribution in [2.75, 3.05) is 13.2 Å². The van der Waals surface area contributed by atoms with Crippen molar-refractivity contribution in [1.29, 1.82) is 0 Å². The van der Waals surface area contributed by atoms with Gasteiger partial charge in [-0.15, -0.1) is 0 Å². The molecule has 2 saturated heterocycles. The highest BCUT2D eigenvalue weighted by Crippen LogP contribution is 2.65. The van der Waals surface area contributed by atoms with E-state index in [4.69, 9.17) is 14.0 Å². The van der Waals surface area contributed by atoms with E-state index in [0.29, 0.717) is 36.9 Å². The van der Waals surface area contributed by atoms with Crippen LogP contribution in [-0.2, 0) is 36.7 Å². The second-order valence-electron chi connectivity index (χ2n) is 17.0. The lowest BCUT2D eigenvalue weighted by molar-refractivity contribution is -0.199. The average molecular weight is 722 g/mol. The van der Waals surface area contributed by atoms with Gasteiger partial charge in [-0.3, -0.25) is 14.5 Å². The molecule has 14 heteroatoms. The van der Waals surface area contributed by atoms with Crippen LogP contribution in [-0.4, -0.2) is 100 Å². The van der Waals surface area contributed by atoms with Crippen LogP contribution in [0.4, 0.5) is 9.59 Å². The summed E-state index contributed by atoms with van der Waals surface area (Å²) in [6, 6.07) is 4.95. The lowest BCUT2D eigenvalue weighted by Gasteiger charge is -2.64. The van der Waals surface area contributed by atoms with Gasteiger partial charge in [-0.25, -0.2) is 9.59 Å². The number of urea groups is 1. The van der Waals surface area contributed by atoms with Gasteiger partial charge in [0.25, 0.3) is 0 Å². The first-order valence-corrected chi connectivity index (χ1v) is 18.8. The predicted molar refractivity (Wildman–Crippen MR) is 194 cm³/mol. The Balaban J connectivity index is 1.19. The van der Waals surface area contributed by atoms with Crippen LogP contribution in [0.3, 0.4) is 0 Å². The summed E-state index contributed by atoms with van der Waals surface area (Å²) in [5, 5.41) is 18.1. The number of likely N-dealkylation sites (tertiary alicyclic amines) is 1. The topological polar surface area (TPSA) is 159 Å². The van der Waals surface area contributed by atoms with Gasteiger partial charge in [-0.2, -0.15) is 0 Å². The number of nitrogens with one attached hydrogen (secondary N) is 3. The van der Waals surface area contributed by atoms with Crippen LogP contribution in [0.15, 0.2) is 36.4 Å². The number of aliphatic hydroxyl groups is 1. The number of amides is 5. The maximum atomic E-state index is 14.3. The molecule has 5 amide bonds. The highest BCUT2D eigenvalue weighted by atomic mass is 16.7. The lowest BCUT2D eigenvalue weighted by atomic mass is 9.43. The second kappa shape index (κ2) is 14.3. The van der Waals surface area contributed by atoms with Crippen molar-refractivity contribution in [3.8, 4) is 0 Å². The number of ether oxygens (including phenoxy) is 1. The van der Waals surface area contributed by atoms with Crippen molar-refractivity contribution in [2.24, 2.45) is 17.3 Å². The summed E-state index contributed by atoms with van der Waals surface area (Å²) in [6.45, 7) is 18.1. The summed E-state index contributed by atoms with van der Waals surface area (Å²) in [5.41, 5.74) is 1.22. The molecule has 3 aliphatic heterocycles. The number of hydrogen-bond donors (Lipinski definition) is 4. The highest BCUT2D eigenvalue weighted by Gasteiger charge is 2.68. The first-order chi connectivity index (χ1) is 24.5. The molecule has 3 aliphatic carbocycles. The van der Waals surface area contributed by atoms with Gasteiger partial charge < -0.3 is 40.0 Å². The number of rotatable bonds is 11. The smallest absolute Gasteiger partial charge is 0.444 e. The molecule has 0 aromatic heterocycles. The standard InChI is InChI=1S/C38H56BN5O8/c1-9-12-30(39-51-29-16-25-15-28(37(25,6)7)38(29,8)52-39)40-32(46)27-17-26(50-35(49)43-18-23-13-10-11-14-24(23)19-43)20-44(27)33(47)31(22(2)3)41-34(48)42-36(4,5)21-45/h10-11,13-14,25-31,45H,2,9,12,15-21H2,1,3-8H3,(H,40,46)(H2,41,42,48)/t25-,26+,27-,28-,29+,30-,31-,38-/m0/s1. The molecule has 0 spiro atoms. The Hall–Kier alpha value is -3.62. The van der Waals surface area contributed by atoms with Gasteiger partial charge in [0.15, 0.2) is 0 Å². The van der Waals surface area contributed by atoms with E-state index in [0.717, 1.165) is 30.4 Å². The van der Waals surface area contributed by atoms with E-state index in [1.807, 2.05) is 31.2 Å². The molecule has 6 aliphatic rings. The number of nitrogens with zero attached hydrogens (tertiary/aromatic N) is 2. The van der Waals surface area contributed by atoms with E-state index in [1.54, 1.807) is 25.7 Å². The molecule has 0 radical (unpaired) electrons. The fourth-order valence-corrected chi connectivity index (χ4v) is 9.07. The van der Waals surface area contributed by atoms with Crippen molar-refractivity contribution in [3.63, 3.8) is 0 Å². The summed E-state index contributed by atoms with van der Waals surface area (Å²) in [7, 11) is -0.645. The Kier molecular flexibility index (Phi) is 10.5. The Morgan fingerprint density at radius 2 is 1.77 bits per heavy atom.